The summed E-state index contributed by atoms with van der Waals surface area (Å²) in [5.41, 5.74) is 1.07. The Bertz CT molecular complexity index is 947. The standard InChI is InChI=1S/C19H20N2O3S2/c1-19(2,3)24-17(22)14-12(11-9-7-6-8-10-11)13-15(23-4)20-18(25-5)21-16(13)26-14/h6-10H,1-5H3. The van der Waals surface area contributed by atoms with Crippen molar-refractivity contribution in [2.75, 3.05) is 13.4 Å². The number of carbonyl (C=O) groups is 1. The minimum absolute atomic E-state index is 0.368. The summed E-state index contributed by atoms with van der Waals surface area (Å²) < 4.78 is 11.1. The van der Waals surface area contributed by atoms with Gasteiger partial charge in [-0.15, -0.1) is 11.3 Å². The van der Waals surface area contributed by atoms with E-state index in [0.29, 0.717) is 20.7 Å². The molecule has 0 aliphatic carbocycles. The molecule has 1 aromatic carbocycles. The fourth-order valence-corrected chi connectivity index (χ4v) is 4.02. The Balaban J connectivity index is 2.31. The maximum absolute atomic E-state index is 12.9. The molecule has 0 N–H and O–H groups in total. The van der Waals surface area contributed by atoms with Crippen LogP contribution in [0.5, 0.6) is 5.88 Å². The van der Waals surface area contributed by atoms with E-state index in [9.17, 15) is 4.79 Å². The molecule has 0 bridgehead atoms. The summed E-state index contributed by atoms with van der Waals surface area (Å²) in [6.45, 7) is 5.56. The van der Waals surface area contributed by atoms with Crippen LogP contribution in [0.3, 0.4) is 0 Å². The number of fused-ring (bicyclic) bond motifs is 1. The van der Waals surface area contributed by atoms with E-state index in [-0.39, 0.29) is 5.97 Å². The van der Waals surface area contributed by atoms with Crippen LogP contribution >= 0.6 is 23.1 Å². The van der Waals surface area contributed by atoms with Crippen LogP contribution in [0.4, 0.5) is 0 Å². The van der Waals surface area contributed by atoms with Gasteiger partial charge in [0.25, 0.3) is 0 Å². The first-order valence-electron chi connectivity index (χ1n) is 8.05. The molecule has 7 heteroatoms. The minimum atomic E-state index is -0.582. The van der Waals surface area contributed by atoms with Crippen LogP contribution in [0.15, 0.2) is 35.5 Å². The van der Waals surface area contributed by atoms with Crippen molar-refractivity contribution < 1.29 is 14.3 Å². The number of thioether (sulfide) groups is 1. The van der Waals surface area contributed by atoms with Gasteiger partial charge in [0, 0.05) is 5.56 Å². The molecule has 0 unspecified atom stereocenters. The van der Waals surface area contributed by atoms with Gasteiger partial charge in [-0.3, -0.25) is 0 Å². The highest BCUT2D eigenvalue weighted by Gasteiger charge is 2.28. The smallest absolute Gasteiger partial charge is 0.349 e. The number of ether oxygens (including phenoxy) is 2. The lowest BCUT2D eigenvalue weighted by atomic mass is 10.0. The monoisotopic (exact) mass is 388 g/mol. The topological polar surface area (TPSA) is 61.3 Å². The normalized spacial score (nSPS) is 11.6. The Morgan fingerprint density at radius 1 is 1.15 bits per heavy atom. The van der Waals surface area contributed by atoms with Gasteiger partial charge < -0.3 is 9.47 Å². The Hall–Kier alpha value is -2.12. The first-order valence-corrected chi connectivity index (χ1v) is 10.1. The molecule has 0 amide bonds. The van der Waals surface area contributed by atoms with E-state index in [1.807, 2.05) is 57.4 Å². The number of hydrogen-bond donors (Lipinski definition) is 0. The fraction of sp³-hybridized carbons (Fsp3) is 0.316. The number of methoxy groups -OCH3 is 1. The first kappa shape index (κ1) is 18.7. The molecule has 0 fully saturated rings. The van der Waals surface area contributed by atoms with E-state index >= 15 is 0 Å². The number of carbonyl (C=O) groups excluding carboxylic acids is 1. The second-order valence-corrected chi connectivity index (χ2v) is 8.35. The number of rotatable bonds is 4. The van der Waals surface area contributed by atoms with Crippen molar-refractivity contribution in [1.82, 2.24) is 9.97 Å². The zero-order valence-electron chi connectivity index (χ0n) is 15.3. The molecule has 2 aromatic heterocycles. The SMILES string of the molecule is COc1nc(SC)nc2sc(C(=O)OC(C)(C)C)c(-c3ccccc3)c12. The van der Waals surface area contributed by atoms with E-state index in [1.165, 1.54) is 23.1 Å². The molecule has 2 heterocycles. The van der Waals surface area contributed by atoms with Crippen LogP contribution in [0.2, 0.25) is 0 Å². The Kier molecular flexibility index (Phi) is 5.20. The van der Waals surface area contributed by atoms with Crippen molar-refractivity contribution >= 4 is 39.3 Å². The van der Waals surface area contributed by atoms with Crippen LogP contribution in [-0.2, 0) is 4.74 Å². The van der Waals surface area contributed by atoms with E-state index < -0.39 is 5.60 Å². The first-order chi connectivity index (χ1) is 12.3. The predicted octanol–water partition coefficient (Wildman–Crippen LogP) is 5.04. The zero-order valence-corrected chi connectivity index (χ0v) is 17.0. The minimum Gasteiger partial charge on any atom is -0.480 e. The molecule has 0 spiro atoms. The third-order valence-corrected chi connectivity index (χ3v) is 5.13. The average molecular weight is 389 g/mol. The van der Waals surface area contributed by atoms with Gasteiger partial charge in [0.1, 0.15) is 15.3 Å². The summed E-state index contributed by atoms with van der Waals surface area (Å²) in [5, 5.41) is 1.34. The third kappa shape index (κ3) is 3.68. The summed E-state index contributed by atoms with van der Waals surface area (Å²) in [5.74, 6) is 0.0939. The second-order valence-electron chi connectivity index (χ2n) is 6.57. The van der Waals surface area contributed by atoms with Crippen molar-refractivity contribution in [1.29, 1.82) is 0 Å². The number of thiophene rings is 1. The average Bonchev–Trinajstić information content (AvgIpc) is 2.99. The lowest BCUT2D eigenvalue weighted by molar-refractivity contribution is 0.00761. The van der Waals surface area contributed by atoms with Gasteiger partial charge in [0.2, 0.25) is 5.88 Å². The molecule has 0 aliphatic heterocycles. The van der Waals surface area contributed by atoms with Gasteiger partial charge in [-0.05, 0) is 32.6 Å². The Morgan fingerprint density at radius 3 is 2.42 bits per heavy atom. The summed E-state index contributed by atoms with van der Waals surface area (Å²) >= 11 is 2.74. The van der Waals surface area contributed by atoms with E-state index in [4.69, 9.17) is 9.47 Å². The lowest BCUT2D eigenvalue weighted by Crippen LogP contribution is -2.23. The molecule has 0 saturated heterocycles. The molecule has 136 valence electrons. The van der Waals surface area contributed by atoms with Crippen LogP contribution in [0.25, 0.3) is 21.3 Å². The highest BCUT2D eigenvalue weighted by atomic mass is 32.2. The molecule has 26 heavy (non-hydrogen) atoms. The van der Waals surface area contributed by atoms with Crippen molar-refractivity contribution in [2.45, 2.75) is 31.5 Å². The van der Waals surface area contributed by atoms with E-state index in [0.717, 1.165) is 16.5 Å². The van der Waals surface area contributed by atoms with Gasteiger partial charge >= 0.3 is 5.97 Å². The maximum Gasteiger partial charge on any atom is 0.349 e. The van der Waals surface area contributed by atoms with Gasteiger partial charge in [0.15, 0.2) is 5.16 Å². The molecule has 0 radical (unpaired) electrons. The summed E-state index contributed by atoms with van der Waals surface area (Å²) in [6, 6.07) is 9.71. The molecule has 0 atom stereocenters. The van der Waals surface area contributed by atoms with E-state index in [1.54, 1.807) is 7.11 Å². The van der Waals surface area contributed by atoms with Crippen LogP contribution < -0.4 is 4.74 Å². The number of esters is 1. The number of aromatic nitrogens is 2. The predicted molar refractivity (Wildman–Crippen MR) is 106 cm³/mol. The quantitative estimate of drug-likeness (QED) is 0.354. The summed E-state index contributed by atoms with van der Waals surface area (Å²) in [6.07, 6.45) is 1.90. The molecule has 5 nitrogen and oxygen atoms in total. The lowest BCUT2D eigenvalue weighted by Gasteiger charge is -2.19. The molecular formula is C19H20N2O3S2. The highest BCUT2D eigenvalue weighted by molar-refractivity contribution is 7.98. The van der Waals surface area contributed by atoms with Crippen molar-refractivity contribution in [3.05, 3.63) is 35.2 Å². The molecule has 3 aromatic rings. The van der Waals surface area contributed by atoms with E-state index in [2.05, 4.69) is 9.97 Å². The molecule has 0 aliphatic rings. The van der Waals surface area contributed by atoms with Crippen molar-refractivity contribution in [2.24, 2.45) is 0 Å². The van der Waals surface area contributed by atoms with Crippen LogP contribution in [0.1, 0.15) is 30.4 Å². The second kappa shape index (κ2) is 7.25. The van der Waals surface area contributed by atoms with Crippen molar-refractivity contribution in [3.8, 4) is 17.0 Å². The van der Waals surface area contributed by atoms with Crippen LogP contribution in [-0.4, -0.2) is 34.9 Å². The number of benzene rings is 1. The Labute approximate surface area is 160 Å². The third-order valence-electron chi connectivity index (χ3n) is 3.52. The maximum atomic E-state index is 12.9. The molecule has 3 rings (SSSR count). The summed E-state index contributed by atoms with van der Waals surface area (Å²) in [4.78, 5) is 23.1. The Morgan fingerprint density at radius 2 is 1.85 bits per heavy atom. The fourth-order valence-electron chi connectivity index (χ4n) is 2.54. The molecule has 0 saturated carbocycles. The van der Waals surface area contributed by atoms with Gasteiger partial charge in [-0.25, -0.2) is 9.78 Å². The number of nitrogens with zero attached hydrogens (tertiary/aromatic N) is 2. The van der Waals surface area contributed by atoms with Gasteiger partial charge in [-0.1, -0.05) is 42.1 Å². The largest absolute Gasteiger partial charge is 0.480 e. The summed E-state index contributed by atoms with van der Waals surface area (Å²) in [7, 11) is 1.57. The van der Waals surface area contributed by atoms with Crippen LogP contribution in [0, 0.1) is 0 Å². The van der Waals surface area contributed by atoms with Crippen molar-refractivity contribution in [3.63, 3.8) is 0 Å². The zero-order chi connectivity index (χ0) is 18.9. The molecular weight excluding hydrogens is 368 g/mol. The van der Waals surface area contributed by atoms with Gasteiger partial charge in [-0.2, -0.15) is 4.98 Å². The highest BCUT2D eigenvalue weighted by Crippen LogP contribution is 2.43. The number of hydrogen-bond acceptors (Lipinski definition) is 7. The van der Waals surface area contributed by atoms with Gasteiger partial charge in [0.05, 0.1) is 12.5 Å².